The summed E-state index contributed by atoms with van der Waals surface area (Å²) in [6.45, 7) is 3.42. The first kappa shape index (κ1) is 13.2. The summed E-state index contributed by atoms with van der Waals surface area (Å²) in [5.74, 6) is 0.435. The average molecular weight is 235 g/mol. The summed E-state index contributed by atoms with van der Waals surface area (Å²) in [5, 5.41) is 2.74. The van der Waals surface area contributed by atoms with Crippen molar-refractivity contribution >= 4 is 17.4 Å². The van der Waals surface area contributed by atoms with E-state index in [2.05, 4.69) is 5.32 Å². The van der Waals surface area contributed by atoms with Gasteiger partial charge in [0.15, 0.2) is 5.78 Å². The van der Waals surface area contributed by atoms with E-state index in [-0.39, 0.29) is 11.7 Å². The number of rotatable bonds is 5. The first-order valence-corrected chi connectivity index (χ1v) is 5.57. The number of ether oxygens (including phenoxy) is 1. The van der Waals surface area contributed by atoms with Crippen LogP contribution in [0.15, 0.2) is 18.2 Å². The summed E-state index contributed by atoms with van der Waals surface area (Å²) >= 11 is 0. The van der Waals surface area contributed by atoms with E-state index >= 15 is 0 Å². The SMILES string of the molecule is CCCC(=O)Nc1cc(C(C)=O)ccc1OC. The van der Waals surface area contributed by atoms with Crippen LogP contribution in [-0.4, -0.2) is 18.8 Å². The lowest BCUT2D eigenvalue weighted by Gasteiger charge is -2.10. The Kier molecular flexibility index (Phi) is 4.69. The number of carbonyl (C=O) groups is 2. The van der Waals surface area contributed by atoms with Crippen LogP contribution in [0.3, 0.4) is 0 Å². The van der Waals surface area contributed by atoms with Gasteiger partial charge in [-0.2, -0.15) is 0 Å². The van der Waals surface area contributed by atoms with Crippen molar-refractivity contribution in [3.8, 4) is 5.75 Å². The van der Waals surface area contributed by atoms with Gasteiger partial charge in [0, 0.05) is 12.0 Å². The van der Waals surface area contributed by atoms with Crippen LogP contribution < -0.4 is 10.1 Å². The molecule has 92 valence electrons. The summed E-state index contributed by atoms with van der Waals surface area (Å²) in [5.41, 5.74) is 1.09. The zero-order valence-corrected chi connectivity index (χ0v) is 10.4. The van der Waals surface area contributed by atoms with Crippen molar-refractivity contribution in [2.45, 2.75) is 26.7 Å². The average Bonchev–Trinajstić information content (AvgIpc) is 2.29. The minimum absolute atomic E-state index is 0.0429. The Hall–Kier alpha value is -1.84. The van der Waals surface area contributed by atoms with Crippen LogP contribution in [0.2, 0.25) is 0 Å². The molecule has 0 saturated heterocycles. The van der Waals surface area contributed by atoms with E-state index in [0.29, 0.717) is 23.4 Å². The van der Waals surface area contributed by atoms with E-state index in [4.69, 9.17) is 4.74 Å². The van der Waals surface area contributed by atoms with Crippen LogP contribution in [0, 0.1) is 0 Å². The first-order valence-electron chi connectivity index (χ1n) is 5.57. The predicted molar refractivity (Wildman–Crippen MR) is 66.5 cm³/mol. The van der Waals surface area contributed by atoms with Gasteiger partial charge in [0.25, 0.3) is 0 Å². The number of benzene rings is 1. The molecular formula is C13H17NO3. The number of anilines is 1. The van der Waals surface area contributed by atoms with E-state index in [1.165, 1.54) is 14.0 Å². The summed E-state index contributed by atoms with van der Waals surface area (Å²) in [7, 11) is 1.53. The number of amides is 1. The van der Waals surface area contributed by atoms with Gasteiger partial charge < -0.3 is 10.1 Å². The van der Waals surface area contributed by atoms with Gasteiger partial charge in [0.05, 0.1) is 12.8 Å². The summed E-state index contributed by atoms with van der Waals surface area (Å²) < 4.78 is 5.13. The number of hydrogen-bond donors (Lipinski definition) is 1. The van der Waals surface area contributed by atoms with Gasteiger partial charge in [-0.1, -0.05) is 6.92 Å². The molecule has 0 fully saturated rings. The maximum absolute atomic E-state index is 11.5. The molecule has 4 heteroatoms. The quantitative estimate of drug-likeness (QED) is 0.798. The van der Waals surface area contributed by atoms with Crippen LogP contribution in [0.1, 0.15) is 37.0 Å². The minimum atomic E-state index is -0.0773. The topological polar surface area (TPSA) is 55.4 Å². The normalized spacial score (nSPS) is 9.82. The fourth-order valence-corrected chi connectivity index (χ4v) is 1.46. The van der Waals surface area contributed by atoms with Gasteiger partial charge in [0.2, 0.25) is 5.91 Å². The van der Waals surface area contributed by atoms with E-state index in [9.17, 15) is 9.59 Å². The molecule has 0 bridgehead atoms. The van der Waals surface area contributed by atoms with Gasteiger partial charge in [-0.25, -0.2) is 0 Å². The van der Waals surface area contributed by atoms with E-state index in [0.717, 1.165) is 6.42 Å². The number of carbonyl (C=O) groups excluding carboxylic acids is 2. The van der Waals surface area contributed by atoms with Crippen LogP contribution in [-0.2, 0) is 4.79 Å². The Labute approximate surface area is 101 Å². The third kappa shape index (κ3) is 3.59. The van der Waals surface area contributed by atoms with Gasteiger partial charge in [-0.15, -0.1) is 0 Å². The monoisotopic (exact) mass is 235 g/mol. The van der Waals surface area contributed by atoms with Crippen molar-refractivity contribution in [2.75, 3.05) is 12.4 Å². The molecule has 1 N–H and O–H groups in total. The van der Waals surface area contributed by atoms with Gasteiger partial charge in [-0.3, -0.25) is 9.59 Å². The van der Waals surface area contributed by atoms with Gasteiger partial charge in [0.1, 0.15) is 5.75 Å². The molecule has 17 heavy (non-hydrogen) atoms. The molecule has 0 aliphatic carbocycles. The maximum atomic E-state index is 11.5. The third-order valence-electron chi connectivity index (χ3n) is 2.36. The van der Waals surface area contributed by atoms with Crippen LogP contribution in [0.5, 0.6) is 5.75 Å². The second kappa shape index (κ2) is 6.03. The van der Waals surface area contributed by atoms with Crippen LogP contribution >= 0.6 is 0 Å². The van der Waals surface area contributed by atoms with Crippen LogP contribution in [0.25, 0.3) is 0 Å². The van der Waals surface area contributed by atoms with Crippen molar-refractivity contribution in [3.63, 3.8) is 0 Å². The highest BCUT2D eigenvalue weighted by Crippen LogP contribution is 2.25. The second-order valence-corrected chi connectivity index (χ2v) is 3.77. The fraction of sp³-hybridized carbons (Fsp3) is 0.385. The molecule has 4 nitrogen and oxygen atoms in total. The number of Topliss-reactive ketones (excluding diaryl/α,β-unsaturated/α-hetero) is 1. The Balaban J connectivity index is 2.97. The van der Waals surface area contributed by atoms with E-state index in [1.54, 1.807) is 18.2 Å². The number of nitrogens with one attached hydrogen (secondary N) is 1. The molecule has 1 rings (SSSR count). The molecule has 0 radical (unpaired) electrons. The number of ketones is 1. The van der Waals surface area contributed by atoms with Crippen molar-refractivity contribution in [3.05, 3.63) is 23.8 Å². The summed E-state index contributed by atoms with van der Waals surface area (Å²) in [6.07, 6.45) is 1.23. The zero-order chi connectivity index (χ0) is 12.8. The highest BCUT2D eigenvalue weighted by Gasteiger charge is 2.09. The smallest absolute Gasteiger partial charge is 0.224 e. The summed E-state index contributed by atoms with van der Waals surface area (Å²) in [4.78, 5) is 22.8. The molecule has 1 amide bonds. The Morgan fingerprint density at radius 2 is 2.06 bits per heavy atom. The standard InChI is InChI=1S/C13H17NO3/c1-4-5-13(16)14-11-8-10(9(2)15)6-7-12(11)17-3/h6-8H,4-5H2,1-3H3,(H,14,16). The molecule has 0 aromatic heterocycles. The molecule has 0 heterocycles. The van der Waals surface area contributed by atoms with Crippen molar-refractivity contribution in [1.29, 1.82) is 0 Å². The minimum Gasteiger partial charge on any atom is -0.495 e. The Morgan fingerprint density at radius 1 is 1.35 bits per heavy atom. The second-order valence-electron chi connectivity index (χ2n) is 3.77. The molecule has 1 aromatic carbocycles. The number of hydrogen-bond acceptors (Lipinski definition) is 3. The predicted octanol–water partition coefficient (Wildman–Crippen LogP) is 2.64. The number of methoxy groups -OCH3 is 1. The highest BCUT2D eigenvalue weighted by molar-refractivity contribution is 5.98. The molecule has 0 atom stereocenters. The van der Waals surface area contributed by atoms with Crippen molar-refractivity contribution < 1.29 is 14.3 Å². The van der Waals surface area contributed by atoms with Crippen LogP contribution in [0.4, 0.5) is 5.69 Å². The highest BCUT2D eigenvalue weighted by atomic mass is 16.5. The molecule has 0 spiro atoms. The zero-order valence-electron chi connectivity index (χ0n) is 10.4. The molecule has 0 aliphatic rings. The Bertz CT molecular complexity index is 427. The fourth-order valence-electron chi connectivity index (χ4n) is 1.46. The lowest BCUT2D eigenvalue weighted by Crippen LogP contribution is -2.12. The molecule has 0 aliphatic heterocycles. The van der Waals surface area contributed by atoms with Gasteiger partial charge >= 0.3 is 0 Å². The molecular weight excluding hydrogens is 218 g/mol. The van der Waals surface area contributed by atoms with Crippen molar-refractivity contribution in [2.24, 2.45) is 0 Å². The lowest BCUT2D eigenvalue weighted by molar-refractivity contribution is -0.116. The van der Waals surface area contributed by atoms with Gasteiger partial charge in [-0.05, 0) is 31.5 Å². The lowest BCUT2D eigenvalue weighted by atomic mass is 10.1. The summed E-state index contributed by atoms with van der Waals surface area (Å²) in [6, 6.07) is 4.99. The van der Waals surface area contributed by atoms with E-state index < -0.39 is 0 Å². The van der Waals surface area contributed by atoms with E-state index in [1.807, 2.05) is 6.92 Å². The molecule has 0 unspecified atom stereocenters. The third-order valence-corrected chi connectivity index (χ3v) is 2.36. The Morgan fingerprint density at radius 3 is 2.59 bits per heavy atom. The maximum Gasteiger partial charge on any atom is 0.224 e. The van der Waals surface area contributed by atoms with Crippen molar-refractivity contribution in [1.82, 2.24) is 0 Å². The molecule has 0 saturated carbocycles. The largest absolute Gasteiger partial charge is 0.495 e. The molecule has 1 aromatic rings. The first-order chi connectivity index (χ1) is 8.08.